The van der Waals surface area contributed by atoms with Crippen LogP contribution in [-0.2, 0) is 9.53 Å². The van der Waals surface area contributed by atoms with Crippen LogP contribution in [0, 0.1) is 5.92 Å². The molecule has 0 spiro atoms. The molecule has 0 aliphatic carbocycles. The van der Waals surface area contributed by atoms with Gasteiger partial charge in [0.2, 0.25) is 0 Å². The molecule has 2 nitrogen and oxygen atoms in total. The van der Waals surface area contributed by atoms with Crippen LogP contribution >= 0.6 is 0 Å². The lowest BCUT2D eigenvalue weighted by molar-refractivity contribution is -0.136. The molecular weight excluding hydrogens is 260 g/mol. The number of ether oxygens (including phenoxy) is 1. The smallest absolute Gasteiger partial charge is 0.331 e. The summed E-state index contributed by atoms with van der Waals surface area (Å²) in [5.41, 5.74) is 2.38. The summed E-state index contributed by atoms with van der Waals surface area (Å²) in [6.07, 6.45) is 14.0. The molecule has 0 saturated heterocycles. The van der Waals surface area contributed by atoms with E-state index in [0.717, 1.165) is 24.8 Å². The molecule has 0 rings (SSSR count). The molecule has 0 heterocycles. The number of hydrogen-bond acceptors (Lipinski definition) is 2. The van der Waals surface area contributed by atoms with Gasteiger partial charge in [-0.2, -0.15) is 0 Å². The second kappa shape index (κ2) is 12.2. The maximum Gasteiger partial charge on any atom is 0.331 e. The highest BCUT2D eigenvalue weighted by atomic mass is 16.5. The fourth-order valence-electron chi connectivity index (χ4n) is 1.78. The minimum Gasteiger partial charge on any atom is -0.458 e. The molecule has 0 fully saturated rings. The van der Waals surface area contributed by atoms with Crippen molar-refractivity contribution in [2.75, 3.05) is 6.61 Å². The van der Waals surface area contributed by atoms with E-state index in [1.807, 2.05) is 13.0 Å². The first kappa shape index (κ1) is 19.4. The van der Waals surface area contributed by atoms with Crippen LogP contribution in [0.2, 0.25) is 0 Å². The Morgan fingerprint density at radius 3 is 2.67 bits per heavy atom. The van der Waals surface area contributed by atoms with E-state index >= 15 is 0 Å². The minimum absolute atomic E-state index is 0.258. The van der Waals surface area contributed by atoms with Gasteiger partial charge in [0.05, 0.1) is 0 Å². The Morgan fingerprint density at radius 1 is 1.33 bits per heavy atom. The number of rotatable bonds is 10. The van der Waals surface area contributed by atoms with Crippen LogP contribution in [0.1, 0.15) is 53.4 Å². The molecule has 0 aliphatic rings. The van der Waals surface area contributed by atoms with Crippen LogP contribution in [0.25, 0.3) is 0 Å². The van der Waals surface area contributed by atoms with Crippen molar-refractivity contribution in [2.45, 2.75) is 53.4 Å². The maximum absolute atomic E-state index is 11.4. The molecule has 0 amide bonds. The molecule has 0 aromatic carbocycles. The van der Waals surface area contributed by atoms with Crippen molar-refractivity contribution >= 4 is 5.97 Å². The highest BCUT2D eigenvalue weighted by Crippen LogP contribution is 2.13. The highest BCUT2D eigenvalue weighted by molar-refractivity contribution is 5.83. The summed E-state index contributed by atoms with van der Waals surface area (Å²) in [6, 6.07) is 0. The Morgan fingerprint density at radius 2 is 2.05 bits per heavy atom. The Bertz CT molecular complexity index is 400. The fraction of sp³-hybridized carbons (Fsp3) is 0.526. The first-order chi connectivity index (χ1) is 9.99. The number of allylic oxidation sites excluding steroid dienone is 5. The quantitative estimate of drug-likeness (QED) is 0.234. The van der Waals surface area contributed by atoms with Crippen LogP contribution in [0.5, 0.6) is 0 Å². The van der Waals surface area contributed by atoms with Gasteiger partial charge in [0, 0.05) is 6.08 Å². The third-order valence-corrected chi connectivity index (χ3v) is 3.32. The average Bonchev–Trinajstić information content (AvgIpc) is 2.44. The molecule has 0 saturated carbocycles. The first-order valence-corrected chi connectivity index (χ1v) is 7.77. The molecule has 21 heavy (non-hydrogen) atoms. The number of carbonyl (C=O) groups excluding carboxylic acids is 1. The van der Waals surface area contributed by atoms with E-state index in [0.29, 0.717) is 5.92 Å². The summed E-state index contributed by atoms with van der Waals surface area (Å²) in [5, 5.41) is 0. The van der Waals surface area contributed by atoms with Crippen molar-refractivity contribution in [3.63, 3.8) is 0 Å². The van der Waals surface area contributed by atoms with E-state index in [2.05, 4.69) is 39.5 Å². The van der Waals surface area contributed by atoms with Crippen molar-refractivity contribution in [3.05, 3.63) is 48.1 Å². The first-order valence-electron chi connectivity index (χ1n) is 7.77. The van der Waals surface area contributed by atoms with E-state index in [9.17, 15) is 4.79 Å². The lowest BCUT2D eigenvalue weighted by Crippen LogP contribution is -2.00. The van der Waals surface area contributed by atoms with Crippen LogP contribution in [-0.4, -0.2) is 12.6 Å². The number of esters is 1. The third kappa shape index (κ3) is 11.9. The third-order valence-electron chi connectivity index (χ3n) is 3.32. The van der Waals surface area contributed by atoms with E-state index in [1.165, 1.54) is 18.1 Å². The van der Waals surface area contributed by atoms with Crippen LogP contribution in [0.15, 0.2) is 48.1 Å². The van der Waals surface area contributed by atoms with Gasteiger partial charge in [-0.3, -0.25) is 0 Å². The molecule has 0 aromatic rings. The van der Waals surface area contributed by atoms with Crippen LogP contribution in [0.4, 0.5) is 0 Å². The molecule has 0 radical (unpaired) electrons. The summed E-state index contributed by atoms with van der Waals surface area (Å²) < 4.78 is 4.90. The number of carbonyl (C=O) groups is 1. The Kier molecular flexibility index (Phi) is 11.3. The zero-order valence-corrected chi connectivity index (χ0v) is 14.0. The Labute approximate surface area is 130 Å². The van der Waals surface area contributed by atoms with Gasteiger partial charge in [0.1, 0.15) is 6.61 Å². The molecular formula is C19H30O2. The standard InChI is InChI=1S/C19H30O2/c1-6-14-21-19(20)15-18(5)13-9-12-17(4)11-8-10-16(3)7-2/h6,9-10,13,15,17H,1,7-8,11-12,14H2,2-5H3. The molecule has 0 N–H and O–H groups in total. The summed E-state index contributed by atoms with van der Waals surface area (Å²) >= 11 is 0. The topological polar surface area (TPSA) is 26.3 Å². The molecule has 0 aromatic heterocycles. The lowest BCUT2D eigenvalue weighted by atomic mass is 10.00. The van der Waals surface area contributed by atoms with E-state index in [4.69, 9.17) is 4.74 Å². The van der Waals surface area contributed by atoms with Gasteiger partial charge in [0.25, 0.3) is 0 Å². The summed E-state index contributed by atoms with van der Waals surface area (Å²) in [6.45, 7) is 12.3. The van der Waals surface area contributed by atoms with E-state index < -0.39 is 0 Å². The van der Waals surface area contributed by atoms with Crippen molar-refractivity contribution in [2.24, 2.45) is 5.92 Å². The van der Waals surface area contributed by atoms with E-state index in [-0.39, 0.29) is 12.6 Å². The maximum atomic E-state index is 11.4. The van der Waals surface area contributed by atoms with Crippen molar-refractivity contribution < 1.29 is 9.53 Å². The average molecular weight is 290 g/mol. The van der Waals surface area contributed by atoms with Crippen molar-refractivity contribution in [1.29, 1.82) is 0 Å². The van der Waals surface area contributed by atoms with Gasteiger partial charge >= 0.3 is 5.97 Å². The highest BCUT2D eigenvalue weighted by Gasteiger charge is 1.99. The number of hydrogen-bond donors (Lipinski definition) is 0. The molecule has 2 heteroatoms. The lowest BCUT2D eigenvalue weighted by Gasteiger charge is -2.06. The largest absolute Gasteiger partial charge is 0.458 e. The Balaban J connectivity index is 4.05. The summed E-state index contributed by atoms with van der Waals surface area (Å²) in [7, 11) is 0. The SMILES string of the molecule is C=CCOC(=O)C=C(C)C=CCC(C)CCC=C(C)CC. The van der Waals surface area contributed by atoms with Crippen LogP contribution in [0.3, 0.4) is 0 Å². The zero-order valence-electron chi connectivity index (χ0n) is 14.0. The normalized spacial score (nSPS) is 14.3. The zero-order chi connectivity index (χ0) is 16.1. The van der Waals surface area contributed by atoms with E-state index in [1.54, 1.807) is 6.08 Å². The monoisotopic (exact) mass is 290 g/mol. The van der Waals surface area contributed by atoms with Gasteiger partial charge in [-0.05, 0) is 51.0 Å². The van der Waals surface area contributed by atoms with Gasteiger partial charge < -0.3 is 4.74 Å². The molecule has 1 unspecified atom stereocenters. The second-order valence-corrected chi connectivity index (χ2v) is 5.53. The predicted octanol–water partition coefficient (Wildman–Crippen LogP) is 5.38. The van der Waals surface area contributed by atoms with Gasteiger partial charge in [-0.15, -0.1) is 0 Å². The van der Waals surface area contributed by atoms with Gasteiger partial charge in [-0.25, -0.2) is 4.79 Å². The Hall–Kier alpha value is -1.57. The minimum atomic E-state index is -0.315. The molecule has 118 valence electrons. The van der Waals surface area contributed by atoms with Gasteiger partial charge in [-0.1, -0.05) is 50.3 Å². The fourth-order valence-corrected chi connectivity index (χ4v) is 1.78. The molecule has 0 aliphatic heterocycles. The summed E-state index contributed by atoms with van der Waals surface area (Å²) in [5.74, 6) is 0.341. The second-order valence-electron chi connectivity index (χ2n) is 5.53. The van der Waals surface area contributed by atoms with Crippen molar-refractivity contribution in [3.8, 4) is 0 Å². The molecule has 1 atom stereocenters. The van der Waals surface area contributed by atoms with Gasteiger partial charge in [0.15, 0.2) is 0 Å². The summed E-state index contributed by atoms with van der Waals surface area (Å²) in [4.78, 5) is 11.4. The van der Waals surface area contributed by atoms with Crippen LogP contribution < -0.4 is 0 Å². The molecule has 0 bridgehead atoms. The van der Waals surface area contributed by atoms with Crippen molar-refractivity contribution in [1.82, 2.24) is 0 Å². The predicted molar refractivity (Wildman–Crippen MR) is 91.1 cm³/mol.